The molecule has 0 aromatic carbocycles. The molecule has 0 fully saturated rings. The van der Waals surface area contributed by atoms with Crippen LogP contribution < -0.4 is 0 Å². The average molecular weight is 122 g/mol. The summed E-state index contributed by atoms with van der Waals surface area (Å²) < 4.78 is 19.1. The molecule has 0 bridgehead atoms. The molecule has 0 saturated carbocycles. The second kappa shape index (κ2) is 6.03. The fourth-order valence-corrected chi connectivity index (χ4v) is 0. The number of hydrogen-bond donors (Lipinski definition) is 2. The van der Waals surface area contributed by atoms with E-state index >= 15 is 0 Å². The van der Waals surface area contributed by atoms with E-state index in [1.807, 2.05) is 0 Å². The molecule has 0 aromatic heterocycles. The van der Waals surface area contributed by atoms with E-state index in [4.69, 9.17) is 14.0 Å². The molecule has 6 heavy (non-hydrogen) atoms. The van der Waals surface area contributed by atoms with Gasteiger partial charge in [0.1, 0.15) is 0 Å². The summed E-state index contributed by atoms with van der Waals surface area (Å²) in [6.07, 6.45) is 0. The summed E-state index contributed by atoms with van der Waals surface area (Å²) in [4.78, 5) is 0. The van der Waals surface area contributed by atoms with Gasteiger partial charge >= 0.3 is 40.9 Å². The maximum absolute atomic E-state index is 9.01. The first-order valence-corrected chi connectivity index (χ1v) is 1.73. The van der Waals surface area contributed by atoms with Crippen LogP contribution in [0.3, 0.4) is 0 Å². The van der Waals surface area contributed by atoms with Crippen molar-refractivity contribution in [2.75, 3.05) is 0 Å². The molecule has 0 heterocycles. The summed E-state index contributed by atoms with van der Waals surface area (Å²) in [5, 5.41) is 7.09. The Hall–Kier alpha value is 1.03. The maximum atomic E-state index is 9.01. The van der Waals surface area contributed by atoms with E-state index in [9.17, 15) is 0 Å². The molecule has 1 atom stereocenters. The minimum atomic E-state index is -2.52. The molecule has 0 saturated heterocycles. The van der Waals surface area contributed by atoms with E-state index in [1.165, 1.54) is 0 Å². The molecule has 0 aromatic rings. The van der Waals surface area contributed by atoms with Gasteiger partial charge in [0.05, 0.1) is 0 Å². The van der Waals surface area contributed by atoms with Crippen molar-refractivity contribution in [2.24, 2.45) is 0 Å². The van der Waals surface area contributed by atoms with Crippen LogP contribution in [0.4, 0.5) is 0 Å². The molecule has 0 aliphatic carbocycles. The van der Waals surface area contributed by atoms with Gasteiger partial charge in [0.2, 0.25) is 0 Å². The predicted molar refractivity (Wildman–Crippen MR) is 21.6 cm³/mol. The summed E-state index contributed by atoms with van der Waals surface area (Å²) in [6.45, 7) is 0. The topological polar surface area (TPSA) is 66.8 Å². The van der Waals surface area contributed by atoms with Crippen LogP contribution in [0, 0.1) is 0 Å². The van der Waals surface area contributed by atoms with Crippen molar-refractivity contribution in [3.8, 4) is 0 Å². The van der Waals surface area contributed by atoms with Crippen molar-refractivity contribution in [3.05, 3.63) is 0 Å². The first kappa shape index (κ1) is 10.1. The third-order valence-electron chi connectivity index (χ3n) is 0.0638. The average Bonchev–Trinajstić information content (AvgIpc) is 1.38. The summed E-state index contributed by atoms with van der Waals surface area (Å²) in [7, 11) is 0. The molecule has 34 valence electrons. The molecule has 0 radical (unpaired) electrons. The first-order valence-electron chi connectivity index (χ1n) is 0.698. The second-order valence-corrected chi connectivity index (χ2v) is 0.875. The van der Waals surface area contributed by atoms with Crippen molar-refractivity contribution in [1.29, 1.82) is 0 Å². The van der Waals surface area contributed by atoms with Gasteiger partial charge in [0, 0.05) is 0 Å². The van der Waals surface area contributed by atoms with Crippen LogP contribution in [-0.2, 0) is 15.7 Å². The Balaban J connectivity index is 0. The van der Waals surface area contributed by atoms with Crippen molar-refractivity contribution >= 4 is 40.9 Å². The van der Waals surface area contributed by atoms with Gasteiger partial charge in [0.15, 0.2) is 0 Å². The van der Waals surface area contributed by atoms with Crippen molar-refractivity contribution in [2.45, 2.75) is 0 Å². The molecular formula is H3NaO4S. The summed E-state index contributed by atoms with van der Waals surface area (Å²) >= 11 is -2.52. The molecule has 1 unspecified atom stereocenters. The van der Waals surface area contributed by atoms with Crippen molar-refractivity contribution in [3.63, 3.8) is 0 Å². The van der Waals surface area contributed by atoms with E-state index in [2.05, 4.69) is 4.33 Å². The van der Waals surface area contributed by atoms with Crippen molar-refractivity contribution in [1.82, 2.24) is 0 Å². The van der Waals surface area contributed by atoms with Crippen LogP contribution in [0.25, 0.3) is 0 Å². The molecule has 0 rings (SSSR count). The fraction of sp³-hybridized carbons (Fsp3) is 0. The van der Waals surface area contributed by atoms with E-state index in [1.54, 1.807) is 0 Å². The van der Waals surface area contributed by atoms with Crippen molar-refractivity contribution < 1.29 is 18.4 Å². The molecular weight excluding hydrogens is 119 g/mol. The first-order chi connectivity index (χ1) is 2.27. The number of hydrogen-bond acceptors (Lipinski definition) is 3. The Labute approximate surface area is 59.2 Å². The summed E-state index contributed by atoms with van der Waals surface area (Å²) in [6, 6.07) is 0. The van der Waals surface area contributed by atoms with Crippen LogP contribution in [0.1, 0.15) is 0 Å². The predicted octanol–water partition coefficient (Wildman–Crippen LogP) is -1.04. The van der Waals surface area contributed by atoms with E-state index in [0.717, 1.165) is 0 Å². The second-order valence-electron chi connectivity index (χ2n) is 0.292. The zero-order valence-electron chi connectivity index (χ0n) is 2.12. The molecule has 0 aliphatic rings. The van der Waals surface area contributed by atoms with Crippen LogP contribution in [0.5, 0.6) is 0 Å². The molecule has 0 spiro atoms. The van der Waals surface area contributed by atoms with Crippen LogP contribution in [0.2, 0.25) is 0 Å². The van der Waals surface area contributed by atoms with Gasteiger partial charge in [-0.2, -0.15) is 4.21 Å². The van der Waals surface area contributed by atoms with Gasteiger partial charge in [0.25, 0.3) is 0 Å². The van der Waals surface area contributed by atoms with Gasteiger partial charge in [-0.3, -0.25) is 4.55 Å². The zero-order chi connectivity index (χ0) is 4.28. The summed E-state index contributed by atoms with van der Waals surface area (Å²) in [5.74, 6) is 0. The van der Waals surface area contributed by atoms with E-state index in [0.29, 0.717) is 0 Å². The molecule has 4 nitrogen and oxygen atoms in total. The van der Waals surface area contributed by atoms with Gasteiger partial charge in [-0.25, -0.2) is 5.26 Å². The van der Waals surface area contributed by atoms with E-state index in [-0.39, 0.29) is 29.6 Å². The standard InChI is InChI=1S/Na.H2O4S.H/c;1-4-5(2)3;/h;1H,(H,2,3);. The fourth-order valence-electron chi connectivity index (χ4n) is 0. The quantitative estimate of drug-likeness (QED) is 0.202. The zero-order valence-corrected chi connectivity index (χ0v) is 2.94. The minimum absolute atomic E-state index is 0. The third kappa shape index (κ3) is 8.90. The SMILES string of the molecule is O=S(O)OO.[NaH]. The van der Waals surface area contributed by atoms with Gasteiger partial charge < -0.3 is 0 Å². The normalized spacial score (nSPS) is 12.3. The Bertz CT molecular complexity index is 42.8. The van der Waals surface area contributed by atoms with Gasteiger partial charge in [-0.05, 0) is 0 Å². The Morgan fingerprint density at radius 1 is 1.67 bits per heavy atom. The van der Waals surface area contributed by atoms with Crippen LogP contribution >= 0.6 is 0 Å². The van der Waals surface area contributed by atoms with Gasteiger partial charge in [-0.15, -0.1) is 4.33 Å². The Morgan fingerprint density at radius 2 is 1.83 bits per heavy atom. The summed E-state index contributed by atoms with van der Waals surface area (Å²) in [5.41, 5.74) is 0. The third-order valence-corrected chi connectivity index (χ3v) is 0.191. The molecule has 0 amide bonds. The van der Waals surface area contributed by atoms with Crippen LogP contribution in [-0.4, -0.2) is 43.6 Å². The number of rotatable bonds is 1. The Kier molecular flexibility index (Phi) is 10.2. The monoisotopic (exact) mass is 122 g/mol. The molecule has 6 heteroatoms. The Morgan fingerprint density at radius 3 is 1.83 bits per heavy atom. The van der Waals surface area contributed by atoms with Crippen LogP contribution in [0.15, 0.2) is 0 Å². The van der Waals surface area contributed by atoms with E-state index < -0.39 is 11.4 Å². The molecule has 2 N–H and O–H groups in total. The molecule has 0 aliphatic heterocycles. The van der Waals surface area contributed by atoms with Gasteiger partial charge in [-0.1, -0.05) is 0 Å².